The second kappa shape index (κ2) is 7.03. The number of likely N-dealkylation sites (N-methyl/N-ethyl adjacent to an activating group) is 1. The molecule has 2 aromatic rings. The molecule has 0 N–H and O–H groups in total. The highest BCUT2D eigenvalue weighted by Crippen LogP contribution is 2.32. The third-order valence-corrected chi connectivity index (χ3v) is 6.72. The molecule has 0 radical (unpaired) electrons. The number of fused-ring (bicyclic) bond motifs is 2. The summed E-state index contributed by atoms with van der Waals surface area (Å²) in [4.78, 5) is 22.3. The van der Waals surface area contributed by atoms with Crippen LogP contribution in [0.15, 0.2) is 6.07 Å². The summed E-state index contributed by atoms with van der Waals surface area (Å²) < 4.78 is 4.42. The van der Waals surface area contributed by atoms with Crippen LogP contribution in [-0.4, -0.2) is 61.7 Å². The fourth-order valence-electron chi connectivity index (χ4n) is 5.07. The molecule has 2 aromatic heterocycles. The summed E-state index contributed by atoms with van der Waals surface area (Å²) in [5.41, 5.74) is 4.51. The number of imidazole rings is 1. The molecule has 0 aromatic carbocycles. The predicted octanol–water partition coefficient (Wildman–Crippen LogP) is 2.19. The van der Waals surface area contributed by atoms with Crippen molar-refractivity contribution in [3.8, 4) is 0 Å². The molecule has 0 bridgehead atoms. The van der Waals surface area contributed by atoms with E-state index in [1.807, 2.05) is 15.6 Å². The highest BCUT2D eigenvalue weighted by Gasteiger charge is 2.31. The fraction of sp³-hybridized carbons (Fsp3) is 0.667. The number of nitrogens with zero attached hydrogens (tertiary/aromatic N) is 6. The number of hydrogen-bond donors (Lipinski definition) is 0. The van der Waals surface area contributed by atoms with Crippen molar-refractivity contribution in [1.82, 2.24) is 29.1 Å². The van der Waals surface area contributed by atoms with E-state index in [1.54, 1.807) is 0 Å². The number of amides is 1. The maximum atomic E-state index is 13.0. The largest absolute Gasteiger partial charge is 0.337 e. The van der Waals surface area contributed by atoms with Crippen LogP contribution in [0.4, 0.5) is 0 Å². The van der Waals surface area contributed by atoms with Crippen LogP contribution in [0.5, 0.6) is 0 Å². The number of piperidine rings is 1. The van der Waals surface area contributed by atoms with E-state index in [2.05, 4.69) is 28.5 Å². The third kappa shape index (κ3) is 3.05. The Hall–Kier alpha value is -2.15. The summed E-state index contributed by atoms with van der Waals surface area (Å²) in [5, 5.41) is 4.58. The zero-order valence-electron chi connectivity index (χ0n) is 17.0. The molecule has 0 aliphatic carbocycles. The first kappa shape index (κ1) is 17.9. The standard InChI is InChI=1S/C21H30N6O/c1-15-22-20(19-14-24(2)11-12-26(15)19)16-6-9-25(10-7-16)21(28)18-13-17-5-3-4-8-27(17)23-18/h13,16H,3-12,14H2,1-2H3. The van der Waals surface area contributed by atoms with Gasteiger partial charge >= 0.3 is 0 Å². The van der Waals surface area contributed by atoms with Gasteiger partial charge in [-0.15, -0.1) is 0 Å². The van der Waals surface area contributed by atoms with E-state index >= 15 is 0 Å². The van der Waals surface area contributed by atoms with E-state index in [9.17, 15) is 4.79 Å². The van der Waals surface area contributed by atoms with Gasteiger partial charge in [-0.25, -0.2) is 4.98 Å². The molecule has 7 heteroatoms. The van der Waals surface area contributed by atoms with Crippen LogP contribution >= 0.6 is 0 Å². The number of carbonyl (C=O) groups is 1. The first-order valence-corrected chi connectivity index (χ1v) is 10.7. The van der Waals surface area contributed by atoms with Crippen molar-refractivity contribution in [2.75, 3.05) is 26.7 Å². The van der Waals surface area contributed by atoms with E-state index in [0.717, 1.165) is 70.8 Å². The zero-order chi connectivity index (χ0) is 19.3. The van der Waals surface area contributed by atoms with Gasteiger partial charge in [0.25, 0.3) is 5.91 Å². The number of rotatable bonds is 2. The SMILES string of the molecule is Cc1nc(C2CCN(C(=O)c3cc4n(n3)CCCC4)CC2)c2n1CCN(C)C2. The molecule has 3 aliphatic heterocycles. The zero-order valence-corrected chi connectivity index (χ0v) is 17.0. The van der Waals surface area contributed by atoms with Gasteiger partial charge in [-0.2, -0.15) is 5.10 Å². The molecular formula is C21H30N6O. The Balaban J connectivity index is 1.28. The molecule has 28 heavy (non-hydrogen) atoms. The monoisotopic (exact) mass is 382 g/mol. The Morgan fingerprint density at radius 3 is 2.71 bits per heavy atom. The molecule has 1 fully saturated rings. The summed E-state index contributed by atoms with van der Waals surface area (Å²) in [6.07, 6.45) is 5.39. The van der Waals surface area contributed by atoms with Crippen molar-refractivity contribution in [1.29, 1.82) is 0 Å². The molecule has 1 saturated heterocycles. The minimum absolute atomic E-state index is 0.100. The number of aryl methyl sites for hydroxylation is 3. The lowest BCUT2D eigenvalue weighted by Crippen LogP contribution is -2.38. The third-order valence-electron chi connectivity index (χ3n) is 6.72. The van der Waals surface area contributed by atoms with E-state index in [0.29, 0.717) is 11.6 Å². The van der Waals surface area contributed by atoms with Gasteiger partial charge in [0.05, 0.1) is 11.4 Å². The molecule has 7 nitrogen and oxygen atoms in total. The maximum Gasteiger partial charge on any atom is 0.274 e. The van der Waals surface area contributed by atoms with Crippen LogP contribution in [-0.2, 0) is 26.1 Å². The molecule has 5 heterocycles. The highest BCUT2D eigenvalue weighted by molar-refractivity contribution is 5.92. The normalized spacial score (nSPS) is 20.9. The van der Waals surface area contributed by atoms with Crippen LogP contribution in [0.3, 0.4) is 0 Å². The molecule has 5 rings (SSSR count). The summed E-state index contributed by atoms with van der Waals surface area (Å²) in [5.74, 6) is 1.70. The Kier molecular flexibility index (Phi) is 4.50. The average molecular weight is 383 g/mol. The van der Waals surface area contributed by atoms with Crippen LogP contribution in [0, 0.1) is 6.92 Å². The van der Waals surface area contributed by atoms with E-state index in [1.165, 1.54) is 23.5 Å². The maximum absolute atomic E-state index is 13.0. The van der Waals surface area contributed by atoms with Crippen molar-refractivity contribution in [2.24, 2.45) is 0 Å². The highest BCUT2D eigenvalue weighted by atomic mass is 16.2. The first-order valence-electron chi connectivity index (χ1n) is 10.7. The second-order valence-corrected chi connectivity index (χ2v) is 8.65. The Labute approximate surface area is 166 Å². The smallest absolute Gasteiger partial charge is 0.274 e. The van der Waals surface area contributed by atoms with Crippen molar-refractivity contribution >= 4 is 5.91 Å². The molecule has 1 amide bonds. The van der Waals surface area contributed by atoms with Gasteiger partial charge in [-0.05, 0) is 52.1 Å². The lowest BCUT2D eigenvalue weighted by atomic mass is 9.91. The van der Waals surface area contributed by atoms with Gasteiger partial charge in [-0.1, -0.05) is 0 Å². The first-order chi connectivity index (χ1) is 13.6. The predicted molar refractivity (Wildman–Crippen MR) is 106 cm³/mol. The summed E-state index contributed by atoms with van der Waals surface area (Å²) in [7, 11) is 2.18. The topological polar surface area (TPSA) is 59.2 Å². The van der Waals surface area contributed by atoms with Crippen LogP contribution < -0.4 is 0 Å². The average Bonchev–Trinajstić information content (AvgIpc) is 3.29. The van der Waals surface area contributed by atoms with E-state index in [4.69, 9.17) is 4.98 Å². The summed E-state index contributed by atoms with van der Waals surface area (Å²) in [6, 6.07) is 2.01. The van der Waals surface area contributed by atoms with Crippen LogP contribution in [0.25, 0.3) is 0 Å². The summed E-state index contributed by atoms with van der Waals surface area (Å²) in [6.45, 7) is 7.77. The van der Waals surface area contributed by atoms with Crippen molar-refractivity contribution in [2.45, 2.75) is 64.6 Å². The number of likely N-dealkylation sites (tertiary alicyclic amines) is 1. The Morgan fingerprint density at radius 1 is 1.11 bits per heavy atom. The van der Waals surface area contributed by atoms with Gasteiger partial charge in [0.1, 0.15) is 5.82 Å². The van der Waals surface area contributed by atoms with Gasteiger partial charge in [0.15, 0.2) is 5.69 Å². The minimum atomic E-state index is 0.100. The fourth-order valence-corrected chi connectivity index (χ4v) is 5.07. The lowest BCUT2D eigenvalue weighted by Gasteiger charge is -2.32. The van der Waals surface area contributed by atoms with Gasteiger partial charge in [0, 0.05) is 50.9 Å². The molecule has 0 saturated carbocycles. The number of carbonyl (C=O) groups excluding carboxylic acids is 1. The number of hydrogen-bond acceptors (Lipinski definition) is 4. The molecular weight excluding hydrogens is 352 g/mol. The van der Waals surface area contributed by atoms with Gasteiger partial charge < -0.3 is 9.47 Å². The minimum Gasteiger partial charge on any atom is -0.337 e. The van der Waals surface area contributed by atoms with Gasteiger partial charge in [-0.3, -0.25) is 14.4 Å². The quantitative estimate of drug-likeness (QED) is 0.799. The molecule has 3 aliphatic rings. The van der Waals surface area contributed by atoms with Crippen LogP contribution in [0.1, 0.15) is 65.0 Å². The van der Waals surface area contributed by atoms with Crippen molar-refractivity contribution in [3.63, 3.8) is 0 Å². The Morgan fingerprint density at radius 2 is 1.93 bits per heavy atom. The lowest BCUT2D eigenvalue weighted by molar-refractivity contribution is 0.0704. The van der Waals surface area contributed by atoms with Crippen LogP contribution in [0.2, 0.25) is 0 Å². The molecule has 0 unspecified atom stereocenters. The molecule has 0 spiro atoms. The van der Waals surface area contributed by atoms with E-state index < -0.39 is 0 Å². The summed E-state index contributed by atoms with van der Waals surface area (Å²) >= 11 is 0. The second-order valence-electron chi connectivity index (χ2n) is 8.65. The molecule has 150 valence electrons. The van der Waals surface area contributed by atoms with Crippen molar-refractivity contribution in [3.05, 3.63) is 34.7 Å². The molecule has 0 atom stereocenters. The van der Waals surface area contributed by atoms with Crippen molar-refractivity contribution < 1.29 is 4.79 Å². The van der Waals surface area contributed by atoms with E-state index in [-0.39, 0.29) is 5.91 Å². The number of aromatic nitrogens is 4. The Bertz CT molecular complexity index is 866. The van der Waals surface area contributed by atoms with Gasteiger partial charge in [0.2, 0.25) is 0 Å².